The summed E-state index contributed by atoms with van der Waals surface area (Å²) in [6.07, 6.45) is 2.18. The second-order valence-electron chi connectivity index (χ2n) is 4.70. The normalized spacial score (nSPS) is 25.2. The quantitative estimate of drug-likeness (QED) is 0.922. The van der Waals surface area contributed by atoms with Crippen LogP contribution in [0.5, 0.6) is 5.75 Å². The first-order chi connectivity index (χ1) is 7.61. The molecule has 1 fully saturated rings. The monoisotopic (exact) mass is 283 g/mol. The van der Waals surface area contributed by atoms with Gasteiger partial charge in [-0.2, -0.15) is 0 Å². The molecule has 0 amide bonds. The Bertz CT molecular complexity index is 380. The minimum Gasteiger partial charge on any atom is -0.496 e. The molecule has 0 saturated heterocycles. The zero-order chi connectivity index (χ0) is 11.7. The molecule has 88 valence electrons. The molecule has 3 atom stereocenters. The molecule has 1 aliphatic rings. The molecule has 0 aliphatic heterocycles. The third-order valence-electron chi connectivity index (χ3n) is 3.42. The first-order valence-electron chi connectivity index (χ1n) is 5.70. The highest BCUT2D eigenvalue weighted by molar-refractivity contribution is 9.10. The van der Waals surface area contributed by atoms with Gasteiger partial charge in [0, 0.05) is 10.5 Å². The molecule has 2 nitrogen and oxygen atoms in total. The highest BCUT2D eigenvalue weighted by atomic mass is 79.9. The van der Waals surface area contributed by atoms with E-state index in [1.165, 1.54) is 12.0 Å². The number of nitrogens with two attached hydrogens (primary N) is 1. The second-order valence-corrected chi connectivity index (χ2v) is 5.62. The number of rotatable bonds is 4. The van der Waals surface area contributed by atoms with Gasteiger partial charge in [0.25, 0.3) is 0 Å². The average molecular weight is 284 g/mol. The van der Waals surface area contributed by atoms with Gasteiger partial charge in [-0.05, 0) is 48.4 Å². The van der Waals surface area contributed by atoms with Crippen molar-refractivity contribution in [3.63, 3.8) is 0 Å². The maximum absolute atomic E-state index is 6.20. The first-order valence-corrected chi connectivity index (χ1v) is 6.49. The third-order valence-corrected chi connectivity index (χ3v) is 3.91. The SMILES string of the molecule is COc1ccc(Br)cc1CC(N)C1CC1C. The summed E-state index contributed by atoms with van der Waals surface area (Å²) in [6, 6.07) is 6.35. The fourth-order valence-corrected chi connectivity index (χ4v) is 2.67. The zero-order valence-corrected chi connectivity index (χ0v) is 11.3. The van der Waals surface area contributed by atoms with E-state index in [9.17, 15) is 0 Å². The molecule has 0 radical (unpaired) electrons. The van der Waals surface area contributed by atoms with Crippen molar-refractivity contribution in [2.45, 2.75) is 25.8 Å². The van der Waals surface area contributed by atoms with Gasteiger partial charge in [-0.15, -0.1) is 0 Å². The predicted octanol–water partition coefficient (Wildman–Crippen LogP) is 2.98. The number of hydrogen-bond donors (Lipinski definition) is 1. The molecule has 0 bridgehead atoms. The molecule has 0 aromatic heterocycles. The largest absolute Gasteiger partial charge is 0.496 e. The van der Waals surface area contributed by atoms with Crippen LogP contribution in [-0.4, -0.2) is 13.2 Å². The Morgan fingerprint density at radius 3 is 2.81 bits per heavy atom. The van der Waals surface area contributed by atoms with Crippen LogP contribution in [0.25, 0.3) is 0 Å². The molecule has 1 aromatic rings. The topological polar surface area (TPSA) is 35.2 Å². The predicted molar refractivity (Wildman–Crippen MR) is 69.6 cm³/mol. The van der Waals surface area contributed by atoms with E-state index in [4.69, 9.17) is 10.5 Å². The molecular weight excluding hydrogens is 266 g/mol. The Balaban J connectivity index is 2.10. The van der Waals surface area contributed by atoms with Gasteiger partial charge in [0.15, 0.2) is 0 Å². The van der Waals surface area contributed by atoms with E-state index in [1.54, 1.807) is 7.11 Å². The van der Waals surface area contributed by atoms with Crippen LogP contribution in [-0.2, 0) is 6.42 Å². The van der Waals surface area contributed by atoms with E-state index < -0.39 is 0 Å². The zero-order valence-electron chi connectivity index (χ0n) is 9.74. The van der Waals surface area contributed by atoms with Crippen molar-refractivity contribution in [1.29, 1.82) is 0 Å². The highest BCUT2D eigenvalue weighted by Gasteiger charge is 2.37. The lowest BCUT2D eigenvalue weighted by Crippen LogP contribution is -2.26. The van der Waals surface area contributed by atoms with Crippen LogP contribution in [0.2, 0.25) is 0 Å². The van der Waals surface area contributed by atoms with Crippen molar-refractivity contribution >= 4 is 15.9 Å². The highest BCUT2D eigenvalue weighted by Crippen LogP contribution is 2.41. The van der Waals surface area contributed by atoms with E-state index in [0.29, 0.717) is 5.92 Å². The minimum absolute atomic E-state index is 0.262. The van der Waals surface area contributed by atoms with Crippen molar-refractivity contribution in [3.05, 3.63) is 28.2 Å². The third kappa shape index (κ3) is 2.58. The van der Waals surface area contributed by atoms with Gasteiger partial charge in [-0.25, -0.2) is 0 Å². The van der Waals surface area contributed by atoms with E-state index in [-0.39, 0.29) is 6.04 Å². The van der Waals surface area contributed by atoms with Crippen LogP contribution in [0.3, 0.4) is 0 Å². The van der Waals surface area contributed by atoms with Gasteiger partial charge >= 0.3 is 0 Å². The van der Waals surface area contributed by atoms with Crippen molar-refractivity contribution in [1.82, 2.24) is 0 Å². The summed E-state index contributed by atoms with van der Waals surface area (Å²) in [7, 11) is 1.71. The van der Waals surface area contributed by atoms with Crippen molar-refractivity contribution < 1.29 is 4.74 Å². The molecule has 1 aromatic carbocycles. The smallest absolute Gasteiger partial charge is 0.122 e. The molecular formula is C13H18BrNO. The van der Waals surface area contributed by atoms with Gasteiger partial charge in [0.1, 0.15) is 5.75 Å². The second kappa shape index (κ2) is 4.76. The van der Waals surface area contributed by atoms with Crippen LogP contribution >= 0.6 is 15.9 Å². The van der Waals surface area contributed by atoms with Crippen molar-refractivity contribution in [2.75, 3.05) is 7.11 Å². The summed E-state index contributed by atoms with van der Waals surface area (Å²) in [5.41, 5.74) is 7.40. The van der Waals surface area contributed by atoms with Gasteiger partial charge in [-0.1, -0.05) is 22.9 Å². The molecule has 3 unspecified atom stereocenters. The number of ether oxygens (including phenoxy) is 1. The van der Waals surface area contributed by atoms with Crippen LogP contribution in [0.15, 0.2) is 22.7 Å². The standard InChI is InChI=1S/C13H18BrNO/c1-8-5-11(8)12(15)7-9-6-10(14)3-4-13(9)16-2/h3-4,6,8,11-12H,5,7,15H2,1-2H3. The number of methoxy groups -OCH3 is 1. The van der Waals surface area contributed by atoms with Gasteiger partial charge in [0.2, 0.25) is 0 Å². The van der Waals surface area contributed by atoms with Crippen molar-refractivity contribution in [3.8, 4) is 5.75 Å². The lowest BCUT2D eigenvalue weighted by atomic mass is 10.0. The number of halogens is 1. The maximum Gasteiger partial charge on any atom is 0.122 e. The minimum atomic E-state index is 0.262. The number of benzene rings is 1. The lowest BCUT2D eigenvalue weighted by Gasteiger charge is -2.14. The molecule has 2 rings (SSSR count). The Hall–Kier alpha value is -0.540. The summed E-state index contributed by atoms with van der Waals surface area (Å²) < 4.78 is 6.43. The summed E-state index contributed by atoms with van der Waals surface area (Å²) in [6.45, 7) is 2.27. The van der Waals surface area contributed by atoms with E-state index in [1.807, 2.05) is 12.1 Å². The van der Waals surface area contributed by atoms with Gasteiger partial charge in [-0.3, -0.25) is 0 Å². The molecule has 16 heavy (non-hydrogen) atoms. The Morgan fingerprint density at radius 1 is 1.56 bits per heavy atom. The van der Waals surface area contributed by atoms with Crippen LogP contribution < -0.4 is 10.5 Å². The van der Waals surface area contributed by atoms with Gasteiger partial charge in [0.05, 0.1) is 7.11 Å². The van der Waals surface area contributed by atoms with E-state index >= 15 is 0 Å². The van der Waals surface area contributed by atoms with Gasteiger partial charge < -0.3 is 10.5 Å². The number of hydrogen-bond acceptors (Lipinski definition) is 2. The first kappa shape index (κ1) is 11.9. The Morgan fingerprint density at radius 2 is 2.25 bits per heavy atom. The summed E-state index contributed by atoms with van der Waals surface area (Å²) >= 11 is 3.48. The van der Waals surface area contributed by atoms with E-state index in [2.05, 4.69) is 28.9 Å². The lowest BCUT2D eigenvalue weighted by molar-refractivity contribution is 0.406. The summed E-state index contributed by atoms with van der Waals surface area (Å²) in [5, 5.41) is 0. The Labute approximate surface area is 105 Å². The molecule has 0 spiro atoms. The van der Waals surface area contributed by atoms with E-state index in [0.717, 1.165) is 22.6 Å². The molecule has 0 heterocycles. The molecule has 1 saturated carbocycles. The van der Waals surface area contributed by atoms with Crippen LogP contribution in [0.4, 0.5) is 0 Å². The maximum atomic E-state index is 6.20. The van der Waals surface area contributed by atoms with Crippen molar-refractivity contribution in [2.24, 2.45) is 17.6 Å². The summed E-state index contributed by atoms with van der Waals surface area (Å²) in [4.78, 5) is 0. The average Bonchev–Trinajstić information content (AvgIpc) is 2.96. The fourth-order valence-electron chi connectivity index (χ4n) is 2.26. The van der Waals surface area contributed by atoms with Crippen LogP contribution in [0.1, 0.15) is 18.9 Å². The Kier molecular flexibility index (Phi) is 3.55. The molecule has 2 N–H and O–H groups in total. The molecule has 1 aliphatic carbocycles. The molecule has 3 heteroatoms. The summed E-state index contributed by atoms with van der Waals surface area (Å²) in [5.74, 6) is 2.43. The fraction of sp³-hybridized carbons (Fsp3) is 0.538. The van der Waals surface area contributed by atoms with Crippen LogP contribution in [0, 0.1) is 11.8 Å².